The predicted octanol–water partition coefficient (Wildman–Crippen LogP) is 5.45. The minimum Gasteiger partial charge on any atom is -0.481 e. The monoisotopic (exact) mass is 338 g/mol. The molecule has 0 rings (SSSR count). The Morgan fingerprint density at radius 3 is 1.92 bits per heavy atom. The number of carbonyl (C=O) groups excluding carboxylic acids is 1. The molecule has 138 valence electrons. The van der Waals surface area contributed by atoms with Gasteiger partial charge in [0, 0.05) is 13.8 Å². The van der Waals surface area contributed by atoms with Gasteiger partial charge < -0.3 is 9.84 Å². The summed E-state index contributed by atoms with van der Waals surface area (Å²) in [6, 6.07) is 0. The molecule has 0 bridgehead atoms. The van der Waals surface area contributed by atoms with Crippen molar-refractivity contribution in [2.45, 2.75) is 72.1 Å². The molecule has 1 N–H and O–H groups in total. The molecule has 0 fully saturated rings. The van der Waals surface area contributed by atoms with E-state index in [1.165, 1.54) is 32.6 Å². The van der Waals surface area contributed by atoms with Crippen LogP contribution in [0.4, 0.5) is 0 Å². The minimum atomic E-state index is -0.833. The van der Waals surface area contributed by atoms with Gasteiger partial charge in [0.25, 0.3) is 5.97 Å². The second-order valence-electron chi connectivity index (χ2n) is 5.40. The lowest BCUT2D eigenvalue weighted by molar-refractivity contribution is -0.141. The van der Waals surface area contributed by atoms with Gasteiger partial charge in [-0.15, -0.1) is 0 Å². The number of carboxylic acids is 1. The Kier molecular flexibility index (Phi) is 21.5. The third-order valence-electron chi connectivity index (χ3n) is 2.84. The number of allylic oxidation sites excluding steroid dienone is 6. The van der Waals surface area contributed by atoms with Crippen LogP contribution < -0.4 is 0 Å². The summed E-state index contributed by atoms with van der Waals surface area (Å²) in [5.41, 5.74) is 0. The van der Waals surface area contributed by atoms with Gasteiger partial charge in [0.2, 0.25) is 0 Å². The number of carboxylic acid groups (broad SMARTS) is 1. The van der Waals surface area contributed by atoms with Crippen LogP contribution in [0, 0.1) is 0 Å². The Morgan fingerprint density at radius 1 is 0.833 bits per heavy atom. The standard InChI is InChI=1S/C18H30O2.C2H4O2/c1-3-4-5-6-7-8-9-10-11-12-13-14-15-16-17-20-18(2)19;1-2(3)4/h7-8,11-14H,3-6,9-10,15-17H2,1-2H3;1H3,(H,3,4)/b8-7-,12-11-,14-13+;. The van der Waals surface area contributed by atoms with Gasteiger partial charge in [-0.3, -0.25) is 9.59 Å². The summed E-state index contributed by atoms with van der Waals surface area (Å²) in [7, 11) is 0. The number of carbonyl (C=O) groups is 2. The zero-order chi connectivity index (χ0) is 18.5. The molecule has 0 radical (unpaired) electrons. The van der Waals surface area contributed by atoms with Crippen LogP contribution in [-0.2, 0) is 14.3 Å². The molecule has 4 heteroatoms. The molecule has 0 saturated carbocycles. The first-order chi connectivity index (χ1) is 11.5. The smallest absolute Gasteiger partial charge is 0.302 e. The minimum absolute atomic E-state index is 0.198. The number of hydrogen-bond acceptors (Lipinski definition) is 3. The molecule has 0 aliphatic carbocycles. The Morgan fingerprint density at radius 2 is 1.33 bits per heavy atom. The van der Waals surface area contributed by atoms with Crippen LogP contribution in [0.5, 0.6) is 0 Å². The number of hydrogen-bond donors (Lipinski definition) is 1. The van der Waals surface area contributed by atoms with Crippen molar-refractivity contribution in [1.82, 2.24) is 0 Å². The van der Waals surface area contributed by atoms with Gasteiger partial charge >= 0.3 is 5.97 Å². The van der Waals surface area contributed by atoms with Crippen LogP contribution in [-0.4, -0.2) is 23.7 Å². The fourth-order valence-corrected chi connectivity index (χ4v) is 1.71. The number of aliphatic carboxylic acids is 1. The van der Waals surface area contributed by atoms with Crippen molar-refractivity contribution in [1.29, 1.82) is 0 Å². The van der Waals surface area contributed by atoms with E-state index in [0.717, 1.165) is 32.6 Å². The molecule has 0 heterocycles. The molecule has 0 aromatic rings. The first-order valence-corrected chi connectivity index (χ1v) is 8.80. The second kappa shape index (κ2) is 21.2. The molecular weight excluding hydrogens is 304 g/mol. The lowest BCUT2D eigenvalue weighted by atomic mass is 10.2. The Labute approximate surface area is 147 Å². The van der Waals surface area contributed by atoms with Gasteiger partial charge in [-0.1, -0.05) is 56.2 Å². The molecule has 0 aromatic carbocycles. The van der Waals surface area contributed by atoms with Crippen molar-refractivity contribution in [2.75, 3.05) is 6.61 Å². The Bertz CT molecular complexity index is 377. The summed E-state index contributed by atoms with van der Waals surface area (Å²) in [6.45, 7) is 5.28. The molecule has 24 heavy (non-hydrogen) atoms. The zero-order valence-corrected chi connectivity index (χ0v) is 15.5. The zero-order valence-electron chi connectivity index (χ0n) is 15.5. The molecule has 0 unspecified atom stereocenters. The van der Waals surface area contributed by atoms with E-state index in [2.05, 4.69) is 43.4 Å². The van der Waals surface area contributed by atoms with Crippen molar-refractivity contribution < 1.29 is 19.4 Å². The molecule has 4 nitrogen and oxygen atoms in total. The average Bonchev–Trinajstić information content (AvgIpc) is 2.50. The van der Waals surface area contributed by atoms with E-state index in [1.54, 1.807) is 0 Å². The second-order valence-corrected chi connectivity index (χ2v) is 5.40. The maximum atomic E-state index is 10.5. The Hall–Kier alpha value is -1.84. The van der Waals surface area contributed by atoms with Crippen molar-refractivity contribution in [3.63, 3.8) is 0 Å². The molecule has 0 aliphatic rings. The summed E-state index contributed by atoms with van der Waals surface area (Å²) in [5, 5.41) is 7.42. The Balaban J connectivity index is 0. The normalized spacial score (nSPS) is 11.0. The summed E-state index contributed by atoms with van der Waals surface area (Å²) in [5.74, 6) is -1.03. The highest BCUT2D eigenvalue weighted by molar-refractivity contribution is 5.65. The van der Waals surface area contributed by atoms with Crippen molar-refractivity contribution in [3.05, 3.63) is 36.5 Å². The maximum absolute atomic E-state index is 10.5. The third kappa shape index (κ3) is 32.2. The number of ether oxygens (including phenoxy) is 1. The summed E-state index contributed by atoms with van der Waals surface area (Å²) in [4.78, 5) is 19.5. The highest BCUT2D eigenvalue weighted by atomic mass is 16.5. The van der Waals surface area contributed by atoms with Crippen LogP contribution in [0.3, 0.4) is 0 Å². The van der Waals surface area contributed by atoms with Gasteiger partial charge in [0.15, 0.2) is 0 Å². The van der Waals surface area contributed by atoms with Crippen LogP contribution in [0.2, 0.25) is 0 Å². The van der Waals surface area contributed by atoms with Crippen molar-refractivity contribution in [3.8, 4) is 0 Å². The van der Waals surface area contributed by atoms with E-state index in [0.29, 0.717) is 6.61 Å². The van der Waals surface area contributed by atoms with E-state index in [4.69, 9.17) is 14.6 Å². The van der Waals surface area contributed by atoms with Crippen molar-refractivity contribution >= 4 is 11.9 Å². The molecule has 0 amide bonds. The number of rotatable bonds is 12. The van der Waals surface area contributed by atoms with Gasteiger partial charge in [0.05, 0.1) is 6.61 Å². The first kappa shape index (κ1) is 24.4. The summed E-state index contributed by atoms with van der Waals surface area (Å²) >= 11 is 0. The maximum Gasteiger partial charge on any atom is 0.302 e. The number of unbranched alkanes of at least 4 members (excludes halogenated alkanes) is 5. The highest BCUT2D eigenvalue weighted by Gasteiger charge is 1.89. The van der Waals surface area contributed by atoms with Crippen LogP contribution in [0.15, 0.2) is 36.5 Å². The quantitative estimate of drug-likeness (QED) is 0.222. The molecule has 0 spiro atoms. The van der Waals surface area contributed by atoms with Gasteiger partial charge in [0.1, 0.15) is 0 Å². The fourth-order valence-electron chi connectivity index (χ4n) is 1.71. The lowest BCUT2D eigenvalue weighted by Gasteiger charge is -1.97. The van der Waals surface area contributed by atoms with E-state index >= 15 is 0 Å². The fraction of sp³-hybridized carbons (Fsp3) is 0.600. The van der Waals surface area contributed by atoms with E-state index < -0.39 is 5.97 Å². The van der Waals surface area contributed by atoms with Crippen LogP contribution >= 0.6 is 0 Å². The topological polar surface area (TPSA) is 63.6 Å². The highest BCUT2D eigenvalue weighted by Crippen LogP contribution is 2.01. The van der Waals surface area contributed by atoms with Crippen LogP contribution in [0.1, 0.15) is 72.1 Å². The largest absolute Gasteiger partial charge is 0.481 e. The summed E-state index contributed by atoms with van der Waals surface area (Å²) in [6.07, 6.45) is 22.3. The first-order valence-electron chi connectivity index (χ1n) is 8.80. The van der Waals surface area contributed by atoms with E-state index in [9.17, 15) is 4.79 Å². The molecule has 0 aliphatic heterocycles. The number of esters is 1. The van der Waals surface area contributed by atoms with Gasteiger partial charge in [-0.2, -0.15) is 0 Å². The molecular formula is C20H34O4. The predicted molar refractivity (Wildman–Crippen MR) is 100.0 cm³/mol. The third-order valence-corrected chi connectivity index (χ3v) is 2.84. The lowest BCUT2D eigenvalue weighted by Crippen LogP contribution is -1.99. The van der Waals surface area contributed by atoms with Gasteiger partial charge in [-0.25, -0.2) is 0 Å². The van der Waals surface area contributed by atoms with Crippen molar-refractivity contribution in [2.24, 2.45) is 0 Å². The van der Waals surface area contributed by atoms with E-state index in [1.807, 2.05) is 0 Å². The SMILES string of the molecule is CC(=O)O.CCCCC/C=C\CC/C=C\C=C\CCCOC(C)=O. The van der Waals surface area contributed by atoms with E-state index in [-0.39, 0.29) is 5.97 Å². The molecule has 0 aromatic heterocycles. The van der Waals surface area contributed by atoms with Crippen LogP contribution in [0.25, 0.3) is 0 Å². The summed E-state index contributed by atoms with van der Waals surface area (Å²) < 4.78 is 4.85. The molecule has 0 saturated heterocycles. The van der Waals surface area contributed by atoms with Gasteiger partial charge in [-0.05, 0) is 38.5 Å². The average molecular weight is 338 g/mol. The molecule has 0 atom stereocenters.